The van der Waals surface area contributed by atoms with E-state index in [1.54, 1.807) is 0 Å². The van der Waals surface area contributed by atoms with Crippen molar-refractivity contribution in [3.63, 3.8) is 0 Å². The third kappa shape index (κ3) is 2.52. The molecule has 0 amide bonds. The van der Waals surface area contributed by atoms with Crippen LogP contribution in [-0.2, 0) is 20.8 Å². The Kier molecular flexibility index (Phi) is 3.81. The zero-order valence-corrected chi connectivity index (χ0v) is 10.5. The fourth-order valence-electron chi connectivity index (χ4n) is 2.67. The van der Waals surface area contributed by atoms with E-state index in [-0.39, 0.29) is 24.9 Å². The Labute approximate surface area is 111 Å². The van der Waals surface area contributed by atoms with Crippen LogP contribution in [0.3, 0.4) is 0 Å². The Morgan fingerprint density at radius 1 is 1.32 bits per heavy atom. The van der Waals surface area contributed by atoms with Crippen LogP contribution in [0.2, 0.25) is 0 Å². The molecule has 0 unspecified atom stereocenters. The van der Waals surface area contributed by atoms with E-state index in [4.69, 9.17) is 19.3 Å². The van der Waals surface area contributed by atoms with Gasteiger partial charge in [0.15, 0.2) is 0 Å². The highest BCUT2D eigenvalue weighted by atomic mass is 16.7. The molecule has 0 saturated carbocycles. The average Bonchev–Trinajstić information content (AvgIpc) is 3.02. The number of aliphatic hydroxyl groups is 2. The van der Waals surface area contributed by atoms with Crippen LogP contribution < -0.4 is 0 Å². The molecule has 5 nitrogen and oxygen atoms in total. The molecule has 5 heteroatoms. The molecule has 2 N–H and O–H groups in total. The Bertz CT molecular complexity index is 410. The van der Waals surface area contributed by atoms with Gasteiger partial charge in [-0.2, -0.15) is 0 Å². The van der Waals surface area contributed by atoms with Gasteiger partial charge in [-0.05, 0) is 5.56 Å². The summed E-state index contributed by atoms with van der Waals surface area (Å²) in [7, 11) is 0. The molecular weight excluding hydrogens is 248 g/mol. The Morgan fingerprint density at radius 3 is 2.84 bits per heavy atom. The second-order valence-corrected chi connectivity index (χ2v) is 4.95. The number of fused-ring (bicyclic) bond motifs is 2. The first-order valence-corrected chi connectivity index (χ1v) is 6.51. The van der Waals surface area contributed by atoms with Gasteiger partial charge in [-0.15, -0.1) is 0 Å². The first-order chi connectivity index (χ1) is 9.29. The van der Waals surface area contributed by atoms with Gasteiger partial charge in [0.2, 0.25) is 0 Å². The van der Waals surface area contributed by atoms with Crippen molar-refractivity contribution in [1.29, 1.82) is 0 Å². The van der Waals surface area contributed by atoms with Gasteiger partial charge in [-0.1, -0.05) is 30.3 Å². The number of hydrogen-bond donors (Lipinski definition) is 2. The number of hydrogen-bond acceptors (Lipinski definition) is 5. The van der Waals surface area contributed by atoms with Gasteiger partial charge >= 0.3 is 0 Å². The third-order valence-corrected chi connectivity index (χ3v) is 3.65. The minimum absolute atomic E-state index is 0.153. The van der Waals surface area contributed by atoms with E-state index in [1.165, 1.54) is 0 Å². The lowest BCUT2D eigenvalue weighted by Gasteiger charge is -2.25. The van der Waals surface area contributed by atoms with E-state index >= 15 is 0 Å². The molecule has 19 heavy (non-hydrogen) atoms. The van der Waals surface area contributed by atoms with Crippen LogP contribution >= 0.6 is 0 Å². The van der Waals surface area contributed by atoms with Crippen molar-refractivity contribution in [2.24, 2.45) is 0 Å². The number of benzene rings is 1. The normalized spacial score (nSPS) is 34.6. The fraction of sp³-hybridized carbons (Fsp3) is 0.571. The van der Waals surface area contributed by atoms with E-state index in [1.807, 2.05) is 30.3 Å². The Balaban J connectivity index is 1.60. The molecule has 1 aromatic carbocycles. The summed E-state index contributed by atoms with van der Waals surface area (Å²) >= 11 is 0. The standard InChI is InChI=1S/C14H18O5/c15-6-10(16)12-14-13(11(19-12)8-18-14)17-7-9-4-2-1-3-5-9/h1-5,10-16H,6-8H2/t10-,11-,12+,13-,14-/m1/s1. The largest absolute Gasteiger partial charge is 0.394 e. The third-order valence-electron chi connectivity index (χ3n) is 3.65. The van der Waals surface area contributed by atoms with Crippen LogP contribution in [0, 0.1) is 0 Å². The molecule has 104 valence electrons. The number of ether oxygens (including phenoxy) is 3. The summed E-state index contributed by atoms with van der Waals surface area (Å²) in [4.78, 5) is 0. The maximum Gasteiger partial charge on any atom is 0.115 e. The lowest BCUT2D eigenvalue weighted by molar-refractivity contribution is -0.143. The molecule has 3 rings (SSSR count). The monoisotopic (exact) mass is 266 g/mol. The summed E-state index contributed by atoms with van der Waals surface area (Å²) < 4.78 is 17.1. The van der Waals surface area contributed by atoms with Crippen LogP contribution in [0.5, 0.6) is 0 Å². The van der Waals surface area contributed by atoms with Crippen molar-refractivity contribution >= 4 is 0 Å². The predicted molar refractivity (Wildman–Crippen MR) is 66.5 cm³/mol. The second kappa shape index (κ2) is 5.56. The van der Waals surface area contributed by atoms with Crippen LogP contribution in [-0.4, -0.2) is 53.9 Å². The Hall–Kier alpha value is -0.980. The van der Waals surface area contributed by atoms with Crippen molar-refractivity contribution in [2.45, 2.75) is 37.1 Å². The molecule has 1 aromatic rings. The van der Waals surface area contributed by atoms with Gasteiger partial charge in [-0.25, -0.2) is 0 Å². The van der Waals surface area contributed by atoms with Gasteiger partial charge in [0, 0.05) is 0 Å². The van der Waals surface area contributed by atoms with Crippen molar-refractivity contribution in [1.82, 2.24) is 0 Å². The van der Waals surface area contributed by atoms with Crippen molar-refractivity contribution in [3.8, 4) is 0 Å². The highest BCUT2D eigenvalue weighted by molar-refractivity contribution is 5.13. The van der Waals surface area contributed by atoms with Gasteiger partial charge in [0.05, 0.1) is 19.8 Å². The lowest BCUT2D eigenvalue weighted by Crippen LogP contribution is -2.42. The van der Waals surface area contributed by atoms with Crippen molar-refractivity contribution in [2.75, 3.05) is 13.2 Å². The fourth-order valence-corrected chi connectivity index (χ4v) is 2.67. The van der Waals surface area contributed by atoms with Gasteiger partial charge in [0.25, 0.3) is 0 Å². The molecule has 0 radical (unpaired) electrons. The summed E-state index contributed by atoms with van der Waals surface area (Å²) in [6, 6.07) is 9.89. The molecular formula is C14H18O5. The number of rotatable bonds is 5. The number of aliphatic hydroxyl groups excluding tert-OH is 2. The van der Waals surface area contributed by atoms with E-state index < -0.39 is 12.2 Å². The zero-order valence-electron chi connectivity index (χ0n) is 10.5. The minimum atomic E-state index is -0.918. The molecule has 2 fully saturated rings. The molecule has 2 bridgehead atoms. The SMILES string of the molecule is OC[C@@H](O)[C@@H]1O[C@@H]2CO[C@H]1[C@@H]2OCc1ccccc1. The molecule has 0 aliphatic carbocycles. The maximum atomic E-state index is 9.67. The summed E-state index contributed by atoms with van der Waals surface area (Å²) in [5, 5.41) is 18.7. The molecule has 5 atom stereocenters. The maximum absolute atomic E-state index is 9.67. The van der Waals surface area contributed by atoms with Crippen molar-refractivity contribution in [3.05, 3.63) is 35.9 Å². The predicted octanol–water partition coefficient (Wildman–Crippen LogP) is 0.0912. The van der Waals surface area contributed by atoms with E-state index in [0.29, 0.717) is 13.2 Å². The second-order valence-electron chi connectivity index (χ2n) is 4.95. The van der Waals surface area contributed by atoms with Gasteiger partial charge < -0.3 is 24.4 Å². The molecule has 2 saturated heterocycles. The average molecular weight is 266 g/mol. The van der Waals surface area contributed by atoms with E-state index in [0.717, 1.165) is 5.56 Å². The molecule has 2 aliphatic rings. The zero-order chi connectivity index (χ0) is 13.2. The van der Waals surface area contributed by atoms with Crippen LogP contribution in [0.25, 0.3) is 0 Å². The molecule has 0 spiro atoms. The molecule has 2 aliphatic heterocycles. The van der Waals surface area contributed by atoms with Gasteiger partial charge in [-0.3, -0.25) is 0 Å². The minimum Gasteiger partial charge on any atom is -0.394 e. The smallest absolute Gasteiger partial charge is 0.115 e. The summed E-state index contributed by atoms with van der Waals surface area (Å²) in [6.07, 6.45) is -2.04. The van der Waals surface area contributed by atoms with Gasteiger partial charge in [0.1, 0.15) is 30.5 Å². The Morgan fingerprint density at radius 2 is 2.11 bits per heavy atom. The van der Waals surface area contributed by atoms with E-state index in [9.17, 15) is 5.11 Å². The van der Waals surface area contributed by atoms with E-state index in [2.05, 4.69) is 0 Å². The summed E-state index contributed by atoms with van der Waals surface area (Å²) in [6.45, 7) is 0.647. The van der Waals surface area contributed by atoms with Crippen LogP contribution in [0.4, 0.5) is 0 Å². The quantitative estimate of drug-likeness (QED) is 0.790. The van der Waals surface area contributed by atoms with Crippen molar-refractivity contribution < 1.29 is 24.4 Å². The lowest BCUT2D eigenvalue weighted by atomic mass is 10.1. The molecule has 0 aromatic heterocycles. The first kappa shape index (κ1) is 13.0. The summed E-state index contributed by atoms with van der Waals surface area (Å²) in [5.41, 5.74) is 1.09. The topological polar surface area (TPSA) is 68.2 Å². The van der Waals surface area contributed by atoms with Crippen LogP contribution in [0.1, 0.15) is 5.56 Å². The highest BCUT2D eigenvalue weighted by Crippen LogP contribution is 2.35. The summed E-state index contributed by atoms with van der Waals surface area (Å²) in [5.74, 6) is 0. The van der Waals surface area contributed by atoms with Crippen LogP contribution in [0.15, 0.2) is 30.3 Å². The highest BCUT2D eigenvalue weighted by Gasteiger charge is 2.53. The first-order valence-electron chi connectivity index (χ1n) is 6.51. The molecule has 2 heterocycles.